The number of nitrogens with zero attached hydrogens (tertiary/aromatic N) is 2. The topological polar surface area (TPSA) is 6.48 Å². The van der Waals surface area contributed by atoms with E-state index in [9.17, 15) is 0 Å². The van der Waals surface area contributed by atoms with Gasteiger partial charge < -0.3 is 18.5 Å². The van der Waals surface area contributed by atoms with Crippen LogP contribution in [0.5, 0.6) is 0 Å². The molecule has 0 saturated carbocycles. The minimum absolute atomic E-state index is 0. The maximum atomic E-state index is 3.52. The molecule has 0 bridgehead atoms. The molecule has 2 heterocycles. The minimum Gasteiger partial charge on any atom is -1.00 e. The molecule has 0 unspecified atom stereocenters. The number of allylic oxidation sites excluding steroid dienone is 8. The summed E-state index contributed by atoms with van der Waals surface area (Å²) in [5.41, 5.74) is 0. The van der Waals surface area contributed by atoms with Gasteiger partial charge in [-0.2, -0.15) is 12.2 Å². The van der Waals surface area contributed by atoms with Gasteiger partial charge in [-0.05, 0) is 51.9 Å². The zero-order valence-electron chi connectivity index (χ0n) is 19.9. The van der Waals surface area contributed by atoms with Crippen LogP contribution in [0.2, 0.25) is 26.2 Å². The molecule has 0 atom stereocenters. The van der Waals surface area contributed by atoms with Gasteiger partial charge in [-0.1, -0.05) is 39.0 Å². The Morgan fingerprint density at radius 3 is 1.19 bits per heavy atom. The zero-order valence-corrected chi connectivity index (χ0v) is 25.5. The van der Waals surface area contributed by atoms with Crippen molar-refractivity contribution < 1.29 is 35.3 Å². The van der Waals surface area contributed by atoms with E-state index < -0.39 is 16.5 Å². The molecule has 0 spiro atoms. The van der Waals surface area contributed by atoms with E-state index in [1.165, 1.54) is 75.1 Å². The second kappa shape index (κ2) is 14.3. The second-order valence-corrected chi connectivity index (χ2v) is 18.2. The summed E-state index contributed by atoms with van der Waals surface area (Å²) < 4.78 is 5.49. The maximum absolute atomic E-state index is 3.52. The molecule has 172 valence electrons. The predicted octanol–water partition coefficient (Wildman–Crippen LogP) is -0.182. The van der Waals surface area contributed by atoms with Crippen molar-refractivity contribution in [3.8, 4) is 0 Å². The fraction of sp³-hybridized carbons (Fsp3) is 0.667. The van der Waals surface area contributed by atoms with E-state index in [0.29, 0.717) is 0 Å². The Hall–Kier alpha value is 0.0439. The number of hydrogen-bond donors (Lipinski definition) is 0. The van der Waals surface area contributed by atoms with Gasteiger partial charge in [0.25, 0.3) is 0 Å². The van der Waals surface area contributed by atoms with Gasteiger partial charge in [-0.3, -0.25) is 12.2 Å². The summed E-state index contributed by atoms with van der Waals surface area (Å²) in [6, 6.07) is 0. The van der Waals surface area contributed by atoms with Gasteiger partial charge in [0, 0.05) is 0 Å². The standard InChI is InChI=1S/2C12H20NSi.2FH.Hf/c2*1-14(2,12-8-4-5-9-12)13-10-6-3-7-11-13;;;/h2*4,8H,3,5-7,10-11H2,1-2H3;2*1H;/q2*-1;;;+4/p-2. The molecular formula is C24H40F2HfN2Si2. The number of hydrogen-bond acceptors (Lipinski definition) is 2. The summed E-state index contributed by atoms with van der Waals surface area (Å²) in [6.07, 6.45) is 26.7. The molecule has 2 fully saturated rings. The molecule has 0 aromatic heterocycles. The summed E-state index contributed by atoms with van der Waals surface area (Å²) in [7, 11) is -2.63. The van der Waals surface area contributed by atoms with Crippen LogP contribution in [-0.2, 0) is 25.8 Å². The fourth-order valence-electron chi connectivity index (χ4n) is 4.90. The van der Waals surface area contributed by atoms with Crippen molar-refractivity contribution in [1.82, 2.24) is 9.13 Å². The average molecular weight is 629 g/mol. The van der Waals surface area contributed by atoms with E-state index in [4.69, 9.17) is 0 Å². The molecule has 0 N–H and O–H groups in total. The third-order valence-electron chi connectivity index (χ3n) is 7.00. The van der Waals surface area contributed by atoms with Gasteiger partial charge in [-0.25, -0.2) is 22.5 Å². The largest absolute Gasteiger partial charge is 4.00 e. The molecule has 4 rings (SSSR count). The SMILES string of the molecule is C[Si](C)(C1=[C-]CC=C1)N1CCCCC1.C[Si](C)(C1=[C-]CC=C1)N1CCCCC1.[F-].[F-].[Hf+4]. The summed E-state index contributed by atoms with van der Waals surface area (Å²) in [4.78, 5) is 0. The van der Waals surface area contributed by atoms with E-state index in [0.717, 1.165) is 12.8 Å². The van der Waals surface area contributed by atoms with Crippen LogP contribution in [0.4, 0.5) is 0 Å². The first-order valence-electron chi connectivity index (χ1n) is 11.5. The van der Waals surface area contributed by atoms with E-state index in [2.05, 4.69) is 71.8 Å². The molecule has 4 aliphatic rings. The van der Waals surface area contributed by atoms with Crippen LogP contribution < -0.4 is 9.41 Å². The first-order valence-corrected chi connectivity index (χ1v) is 17.4. The van der Waals surface area contributed by atoms with Crippen LogP contribution in [0.25, 0.3) is 0 Å². The molecule has 31 heavy (non-hydrogen) atoms. The molecular weight excluding hydrogens is 589 g/mol. The molecule has 0 aromatic rings. The van der Waals surface area contributed by atoms with Gasteiger partial charge in [0.1, 0.15) is 16.5 Å². The van der Waals surface area contributed by atoms with Crippen LogP contribution in [0, 0.1) is 12.2 Å². The Kier molecular flexibility index (Phi) is 14.4. The summed E-state index contributed by atoms with van der Waals surface area (Å²) >= 11 is 0. The van der Waals surface area contributed by atoms with Crippen molar-refractivity contribution in [2.75, 3.05) is 26.2 Å². The van der Waals surface area contributed by atoms with Crippen LogP contribution in [0.15, 0.2) is 34.7 Å². The van der Waals surface area contributed by atoms with Gasteiger partial charge in [0.05, 0.1) is 0 Å². The van der Waals surface area contributed by atoms with Crippen molar-refractivity contribution in [1.29, 1.82) is 0 Å². The first kappa shape index (κ1) is 31.0. The molecule has 2 aliphatic heterocycles. The number of piperidine rings is 2. The fourth-order valence-corrected chi connectivity index (χ4v) is 10.6. The van der Waals surface area contributed by atoms with Gasteiger partial charge in [0.2, 0.25) is 0 Å². The van der Waals surface area contributed by atoms with Crippen molar-refractivity contribution >= 4 is 16.5 Å². The summed E-state index contributed by atoms with van der Waals surface area (Å²) in [5, 5.41) is 3.05. The maximum Gasteiger partial charge on any atom is 4.00 e. The Morgan fingerprint density at radius 1 is 0.613 bits per heavy atom. The average Bonchev–Trinajstić information content (AvgIpc) is 3.44. The van der Waals surface area contributed by atoms with Gasteiger partial charge in [0.15, 0.2) is 0 Å². The Labute approximate surface area is 210 Å². The molecule has 2 aliphatic carbocycles. The van der Waals surface area contributed by atoms with Crippen molar-refractivity contribution in [2.24, 2.45) is 0 Å². The van der Waals surface area contributed by atoms with Crippen molar-refractivity contribution in [3.05, 3.63) is 46.8 Å². The molecule has 0 amide bonds. The van der Waals surface area contributed by atoms with Crippen LogP contribution in [0.3, 0.4) is 0 Å². The zero-order chi connectivity index (χ0) is 20.0. The number of halogens is 2. The molecule has 7 heteroatoms. The predicted molar refractivity (Wildman–Crippen MR) is 127 cm³/mol. The first-order chi connectivity index (χ1) is 13.4. The monoisotopic (exact) mass is 630 g/mol. The Bertz CT molecular complexity index is 592. The minimum atomic E-state index is -1.32. The summed E-state index contributed by atoms with van der Waals surface area (Å²) in [5.74, 6) is 0. The van der Waals surface area contributed by atoms with E-state index in [1.807, 2.05) is 0 Å². The van der Waals surface area contributed by atoms with Crippen molar-refractivity contribution in [3.63, 3.8) is 0 Å². The van der Waals surface area contributed by atoms with Gasteiger partial charge in [-0.15, -0.1) is 12.8 Å². The molecule has 2 saturated heterocycles. The van der Waals surface area contributed by atoms with Crippen LogP contribution in [0.1, 0.15) is 51.4 Å². The van der Waals surface area contributed by atoms with E-state index >= 15 is 0 Å². The third-order valence-corrected chi connectivity index (χ3v) is 14.4. The van der Waals surface area contributed by atoms with Crippen molar-refractivity contribution in [2.45, 2.75) is 77.6 Å². The Balaban J connectivity index is 0.000000529. The van der Waals surface area contributed by atoms with Gasteiger partial charge >= 0.3 is 25.8 Å². The smallest absolute Gasteiger partial charge is 1.00 e. The quantitative estimate of drug-likeness (QED) is 0.315. The number of rotatable bonds is 4. The molecule has 0 aromatic carbocycles. The van der Waals surface area contributed by atoms with E-state index in [-0.39, 0.29) is 35.3 Å². The van der Waals surface area contributed by atoms with Crippen LogP contribution >= 0.6 is 0 Å². The molecule has 0 radical (unpaired) electrons. The van der Waals surface area contributed by atoms with Crippen LogP contribution in [-0.4, -0.2) is 51.8 Å². The molecule has 2 nitrogen and oxygen atoms in total. The normalized spacial score (nSPS) is 21.7. The van der Waals surface area contributed by atoms with E-state index in [1.54, 1.807) is 0 Å². The second-order valence-electron chi connectivity index (χ2n) is 9.61. The summed E-state index contributed by atoms with van der Waals surface area (Å²) in [6.45, 7) is 15.1. The Morgan fingerprint density at radius 2 is 0.935 bits per heavy atom. The third kappa shape index (κ3) is 8.09.